The van der Waals surface area contributed by atoms with Crippen LogP contribution in [0.5, 0.6) is 0 Å². The van der Waals surface area contributed by atoms with Gasteiger partial charge in [0.15, 0.2) is 0 Å². The molecule has 3 atom stereocenters. The monoisotopic (exact) mass is 342 g/mol. The fourth-order valence-electron chi connectivity index (χ4n) is 3.49. The van der Waals surface area contributed by atoms with Crippen molar-refractivity contribution in [1.82, 2.24) is 20.0 Å². The lowest BCUT2D eigenvalue weighted by Gasteiger charge is -2.34. The van der Waals surface area contributed by atoms with Gasteiger partial charge in [0.25, 0.3) is 0 Å². The summed E-state index contributed by atoms with van der Waals surface area (Å²) in [5, 5.41) is 7.22. The van der Waals surface area contributed by atoms with E-state index in [1.807, 2.05) is 21.7 Å². The van der Waals surface area contributed by atoms with E-state index >= 15 is 0 Å². The first-order valence-corrected chi connectivity index (χ1v) is 8.72. The first-order chi connectivity index (χ1) is 12.1. The SMILES string of the molecule is CC1CC1C(=O)N1Cc2ccnn2C(CC(=O)NCc2ccco2)C1. The van der Waals surface area contributed by atoms with E-state index in [4.69, 9.17) is 4.42 Å². The van der Waals surface area contributed by atoms with Crippen LogP contribution in [-0.4, -0.2) is 33.0 Å². The van der Waals surface area contributed by atoms with E-state index in [-0.39, 0.29) is 23.8 Å². The molecule has 2 aromatic heterocycles. The fraction of sp³-hybridized carbons (Fsp3) is 0.500. The van der Waals surface area contributed by atoms with E-state index in [0.717, 1.165) is 17.9 Å². The quantitative estimate of drug-likeness (QED) is 0.897. The Morgan fingerprint density at radius 2 is 2.24 bits per heavy atom. The van der Waals surface area contributed by atoms with Gasteiger partial charge in [-0.1, -0.05) is 6.92 Å². The first-order valence-electron chi connectivity index (χ1n) is 8.72. The lowest BCUT2D eigenvalue weighted by molar-refractivity contribution is -0.136. The Labute approximate surface area is 146 Å². The third kappa shape index (κ3) is 3.31. The predicted molar refractivity (Wildman–Crippen MR) is 89.1 cm³/mol. The summed E-state index contributed by atoms with van der Waals surface area (Å²) in [5.41, 5.74) is 0.983. The van der Waals surface area contributed by atoms with E-state index in [1.54, 1.807) is 18.5 Å². The number of aromatic nitrogens is 2. The zero-order valence-corrected chi connectivity index (χ0v) is 14.2. The third-order valence-electron chi connectivity index (χ3n) is 5.08. The predicted octanol–water partition coefficient (Wildman–Crippen LogP) is 1.72. The number of furan rings is 1. The van der Waals surface area contributed by atoms with Crippen LogP contribution in [0.3, 0.4) is 0 Å². The maximum Gasteiger partial charge on any atom is 0.226 e. The maximum absolute atomic E-state index is 12.6. The fourth-order valence-corrected chi connectivity index (χ4v) is 3.49. The van der Waals surface area contributed by atoms with Gasteiger partial charge in [-0.05, 0) is 30.5 Å². The average molecular weight is 342 g/mol. The van der Waals surface area contributed by atoms with Gasteiger partial charge < -0.3 is 14.6 Å². The lowest BCUT2D eigenvalue weighted by atomic mass is 10.1. The van der Waals surface area contributed by atoms with Crippen LogP contribution in [0.15, 0.2) is 35.1 Å². The molecule has 0 spiro atoms. The molecule has 2 amide bonds. The molecular formula is C18H22N4O3. The smallest absolute Gasteiger partial charge is 0.226 e. The molecule has 2 aromatic rings. The molecule has 0 aromatic carbocycles. The van der Waals surface area contributed by atoms with Gasteiger partial charge in [-0.25, -0.2) is 0 Å². The third-order valence-corrected chi connectivity index (χ3v) is 5.08. The van der Waals surface area contributed by atoms with Crippen LogP contribution in [0.2, 0.25) is 0 Å². The average Bonchev–Trinajstić information content (AvgIpc) is 3.02. The van der Waals surface area contributed by atoms with Gasteiger partial charge in [0, 0.05) is 18.7 Å². The molecular weight excluding hydrogens is 320 g/mol. The minimum Gasteiger partial charge on any atom is -0.467 e. The van der Waals surface area contributed by atoms with E-state index in [1.165, 1.54) is 0 Å². The molecule has 3 unspecified atom stereocenters. The minimum atomic E-state index is -0.131. The molecule has 0 saturated heterocycles. The maximum atomic E-state index is 12.6. The summed E-state index contributed by atoms with van der Waals surface area (Å²) in [6, 6.07) is 5.40. The zero-order valence-electron chi connectivity index (χ0n) is 14.2. The van der Waals surface area contributed by atoms with Crippen LogP contribution in [0.4, 0.5) is 0 Å². The van der Waals surface area contributed by atoms with Gasteiger partial charge in [-0.15, -0.1) is 0 Å². The topological polar surface area (TPSA) is 80.4 Å². The van der Waals surface area contributed by atoms with Crippen LogP contribution >= 0.6 is 0 Å². The van der Waals surface area contributed by atoms with Gasteiger partial charge in [0.05, 0.1) is 37.5 Å². The Bertz CT molecular complexity index is 767. The Balaban J connectivity index is 1.41. The molecule has 7 nitrogen and oxygen atoms in total. The number of fused-ring (bicyclic) bond motifs is 1. The Kier molecular flexibility index (Phi) is 4.07. The van der Waals surface area contributed by atoms with Gasteiger partial charge in [0.2, 0.25) is 11.8 Å². The Hall–Kier alpha value is -2.57. The molecule has 4 rings (SSSR count). The summed E-state index contributed by atoms with van der Waals surface area (Å²) in [6.45, 7) is 3.58. The summed E-state index contributed by atoms with van der Waals surface area (Å²) >= 11 is 0. The van der Waals surface area contributed by atoms with Crippen molar-refractivity contribution in [2.24, 2.45) is 11.8 Å². The standard InChI is InChI=1S/C18H22N4O3/c1-12-7-16(12)18(24)21-10-13-4-5-20-22(13)14(11-21)8-17(23)19-9-15-3-2-6-25-15/h2-6,12,14,16H,7-11H2,1H3,(H,19,23). The van der Waals surface area contributed by atoms with Crippen molar-refractivity contribution in [3.8, 4) is 0 Å². The highest BCUT2D eigenvalue weighted by atomic mass is 16.3. The summed E-state index contributed by atoms with van der Waals surface area (Å²) < 4.78 is 7.11. The highest BCUT2D eigenvalue weighted by Crippen LogP contribution is 2.40. The van der Waals surface area contributed by atoms with Crippen LogP contribution in [0, 0.1) is 11.8 Å². The Morgan fingerprint density at radius 1 is 1.40 bits per heavy atom. The second kappa shape index (κ2) is 6.38. The van der Waals surface area contributed by atoms with Crippen molar-refractivity contribution in [2.75, 3.05) is 6.54 Å². The lowest BCUT2D eigenvalue weighted by Crippen LogP contribution is -2.43. The molecule has 1 aliphatic heterocycles. The molecule has 0 bridgehead atoms. The highest BCUT2D eigenvalue weighted by Gasteiger charge is 2.43. The number of hydrogen-bond acceptors (Lipinski definition) is 4. The van der Waals surface area contributed by atoms with Gasteiger partial charge in [-0.3, -0.25) is 14.3 Å². The number of carbonyl (C=O) groups is 2. The van der Waals surface area contributed by atoms with E-state index in [9.17, 15) is 9.59 Å². The molecule has 132 valence electrons. The van der Waals surface area contributed by atoms with Crippen LogP contribution in [-0.2, 0) is 22.7 Å². The normalized spacial score (nSPS) is 24.7. The van der Waals surface area contributed by atoms with E-state index < -0.39 is 0 Å². The summed E-state index contributed by atoms with van der Waals surface area (Å²) in [5.74, 6) is 1.49. The molecule has 1 saturated carbocycles. The van der Waals surface area contributed by atoms with Crippen molar-refractivity contribution in [3.63, 3.8) is 0 Å². The molecule has 25 heavy (non-hydrogen) atoms. The first kappa shape index (κ1) is 15.9. The van der Waals surface area contributed by atoms with E-state index in [2.05, 4.69) is 17.3 Å². The number of hydrogen-bond donors (Lipinski definition) is 1. The van der Waals surface area contributed by atoms with Crippen molar-refractivity contribution < 1.29 is 14.0 Å². The van der Waals surface area contributed by atoms with Crippen molar-refractivity contribution in [3.05, 3.63) is 42.1 Å². The number of nitrogens with one attached hydrogen (secondary N) is 1. The molecule has 1 N–H and O–H groups in total. The largest absolute Gasteiger partial charge is 0.467 e. The molecule has 7 heteroatoms. The minimum absolute atomic E-state index is 0.0723. The van der Waals surface area contributed by atoms with Crippen LogP contribution in [0.1, 0.15) is 37.3 Å². The van der Waals surface area contributed by atoms with Gasteiger partial charge in [-0.2, -0.15) is 5.10 Å². The molecule has 3 heterocycles. The van der Waals surface area contributed by atoms with E-state index in [0.29, 0.717) is 32.0 Å². The summed E-state index contributed by atoms with van der Waals surface area (Å²) in [4.78, 5) is 26.8. The zero-order chi connectivity index (χ0) is 17.4. The molecule has 0 radical (unpaired) electrons. The molecule has 2 aliphatic rings. The Morgan fingerprint density at radius 3 is 2.96 bits per heavy atom. The van der Waals surface area contributed by atoms with Crippen LogP contribution in [0.25, 0.3) is 0 Å². The van der Waals surface area contributed by atoms with Gasteiger partial charge >= 0.3 is 0 Å². The molecule has 1 fully saturated rings. The van der Waals surface area contributed by atoms with Crippen molar-refractivity contribution in [1.29, 1.82) is 0 Å². The summed E-state index contributed by atoms with van der Waals surface area (Å²) in [7, 11) is 0. The number of rotatable bonds is 5. The van der Waals surface area contributed by atoms with Crippen molar-refractivity contribution in [2.45, 2.75) is 38.9 Å². The van der Waals surface area contributed by atoms with Gasteiger partial charge in [0.1, 0.15) is 5.76 Å². The van der Waals surface area contributed by atoms with Crippen LogP contribution < -0.4 is 5.32 Å². The van der Waals surface area contributed by atoms with Crippen molar-refractivity contribution >= 4 is 11.8 Å². The second-order valence-corrected chi connectivity index (χ2v) is 7.02. The number of amides is 2. The number of carbonyl (C=O) groups excluding carboxylic acids is 2. The second-order valence-electron chi connectivity index (χ2n) is 7.02. The molecule has 1 aliphatic carbocycles. The summed E-state index contributed by atoms with van der Waals surface area (Å²) in [6.07, 6.45) is 4.58. The number of nitrogens with zero attached hydrogens (tertiary/aromatic N) is 3. The highest BCUT2D eigenvalue weighted by molar-refractivity contribution is 5.82.